The lowest BCUT2D eigenvalue weighted by Crippen LogP contribution is -2.50. The van der Waals surface area contributed by atoms with Gasteiger partial charge in [-0.2, -0.15) is 4.79 Å². The molecule has 0 spiro atoms. The van der Waals surface area contributed by atoms with Crippen molar-refractivity contribution >= 4 is 11.1 Å². The van der Waals surface area contributed by atoms with Gasteiger partial charge in [-0.3, -0.25) is 0 Å². The van der Waals surface area contributed by atoms with Gasteiger partial charge in [-0.15, -0.1) is 0 Å². The van der Waals surface area contributed by atoms with E-state index in [0.29, 0.717) is 16.8 Å². The molecule has 2 aromatic carbocycles. The molecule has 0 atom stereocenters. The highest BCUT2D eigenvalue weighted by Gasteiger charge is 2.16. The van der Waals surface area contributed by atoms with Crippen LogP contribution in [0.5, 0.6) is 0 Å². The molecule has 0 fully saturated rings. The molecule has 4 heteroatoms. The Morgan fingerprint density at radius 1 is 0.941 bits per heavy atom. The maximum absolute atomic E-state index is 11.8. The summed E-state index contributed by atoms with van der Waals surface area (Å²) in [7, 11) is 0. The molecular weight excluding hydrogens is 216 g/mol. The summed E-state index contributed by atoms with van der Waals surface area (Å²) in [4.78, 5) is 11.8. The number of hydrogen-bond donors (Lipinski definition) is 0. The molecule has 82 valence electrons. The van der Waals surface area contributed by atoms with Gasteiger partial charge in [-0.1, -0.05) is 30.3 Å². The molecule has 0 aliphatic rings. The molecule has 3 aromatic rings. The van der Waals surface area contributed by atoms with E-state index in [-0.39, 0.29) is 0 Å². The lowest BCUT2D eigenvalue weighted by molar-refractivity contribution is -0.683. The van der Waals surface area contributed by atoms with Crippen LogP contribution in [0.25, 0.3) is 16.8 Å². The summed E-state index contributed by atoms with van der Waals surface area (Å²) in [5, 5.41) is 4.26. The predicted molar refractivity (Wildman–Crippen MR) is 61.8 cm³/mol. The second kappa shape index (κ2) is 3.83. The van der Waals surface area contributed by atoms with Crippen LogP contribution in [-0.2, 0) is 0 Å². The van der Waals surface area contributed by atoms with Crippen LogP contribution in [0.4, 0.5) is 0 Å². The van der Waals surface area contributed by atoms with E-state index in [1.165, 1.54) is 4.68 Å². The molecule has 4 nitrogen and oxygen atoms in total. The zero-order valence-corrected chi connectivity index (χ0v) is 8.91. The average Bonchev–Trinajstić information content (AvgIpc) is 2.39. The lowest BCUT2D eigenvalue weighted by atomic mass is 10.3. The number of benzene rings is 2. The van der Waals surface area contributed by atoms with Crippen LogP contribution in [0.2, 0.25) is 0 Å². The van der Waals surface area contributed by atoms with Crippen molar-refractivity contribution in [2.45, 2.75) is 0 Å². The number of aromatic nitrogens is 2. The van der Waals surface area contributed by atoms with Gasteiger partial charge >= 0.3 is 5.76 Å². The van der Waals surface area contributed by atoms with Crippen molar-refractivity contribution in [2.75, 3.05) is 0 Å². The summed E-state index contributed by atoms with van der Waals surface area (Å²) < 4.78 is 6.44. The maximum Gasteiger partial charge on any atom is 0.634 e. The van der Waals surface area contributed by atoms with Crippen LogP contribution in [0.1, 0.15) is 0 Å². The van der Waals surface area contributed by atoms with Gasteiger partial charge < -0.3 is 4.42 Å². The van der Waals surface area contributed by atoms with Crippen LogP contribution < -0.4 is 10.4 Å². The number of nitrogens with zero attached hydrogens (tertiary/aromatic N) is 2. The van der Waals surface area contributed by atoms with E-state index < -0.39 is 5.76 Å². The third-order valence-electron chi connectivity index (χ3n) is 2.44. The van der Waals surface area contributed by atoms with E-state index in [2.05, 4.69) is 5.10 Å². The van der Waals surface area contributed by atoms with Gasteiger partial charge in [0.1, 0.15) is 0 Å². The SMILES string of the molecule is O=c1oc2ccccc2n[n+]1-c1ccccc1. The van der Waals surface area contributed by atoms with Gasteiger partial charge in [0.2, 0.25) is 5.69 Å². The van der Waals surface area contributed by atoms with Gasteiger partial charge in [0.05, 0.1) is 0 Å². The fourth-order valence-corrected chi connectivity index (χ4v) is 1.64. The predicted octanol–water partition coefficient (Wildman–Crippen LogP) is 1.46. The second-order valence-electron chi connectivity index (χ2n) is 3.58. The Labute approximate surface area is 96.8 Å². The summed E-state index contributed by atoms with van der Waals surface area (Å²) in [5.41, 5.74) is 1.83. The molecule has 0 saturated heterocycles. The van der Waals surface area contributed by atoms with E-state index in [4.69, 9.17) is 4.42 Å². The molecule has 17 heavy (non-hydrogen) atoms. The largest absolute Gasteiger partial charge is 0.634 e. The Hall–Kier alpha value is -2.49. The van der Waals surface area contributed by atoms with Gasteiger partial charge in [-0.25, -0.2) is 0 Å². The summed E-state index contributed by atoms with van der Waals surface area (Å²) in [6.45, 7) is 0. The highest BCUT2D eigenvalue weighted by atomic mass is 16.4. The van der Waals surface area contributed by atoms with Crippen LogP contribution in [0.15, 0.2) is 63.8 Å². The zero-order chi connectivity index (χ0) is 11.7. The number of rotatable bonds is 1. The zero-order valence-electron chi connectivity index (χ0n) is 8.91. The first kappa shape index (κ1) is 9.72. The average molecular weight is 225 g/mol. The van der Waals surface area contributed by atoms with Crippen molar-refractivity contribution in [2.24, 2.45) is 0 Å². The Morgan fingerprint density at radius 3 is 2.47 bits per heavy atom. The maximum atomic E-state index is 11.8. The summed E-state index contributed by atoms with van der Waals surface area (Å²) >= 11 is 0. The summed E-state index contributed by atoms with van der Waals surface area (Å²) in [6, 6.07) is 16.4. The standard InChI is InChI=1S/C13H9N2O2/c16-13-15(10-6-2-1-3-7-10)14-11-8-4-5-9-12(11)17-13/h1-9H/q+1. The molecule has 1 heterocycles. The third-order valence-corrected chi connectivity index (χ3v) is 2.44. The number of para-hydroxylation sites is 2. The Kier molecular flexibility index (Phi) is 2.19. The first-order valence-electron chi connectivity index (χ1n) is 5.22. The van der Waals surface area contributed by atoms with Crippen molar-refractivity contribution in [3.8, 4) is 5.69 Å². The van der Waals surface area contributed by atoms with E-state index in [1.54, 1.807) is 30.3 Å². The lowest BCUT2D eigenvalue weighted by Gasteiger charge is -1.93. The normalized spacial score (nSPS) is 10.6. The summed E-state index contributed by atoms with van der Waals surface area (Å²) in [6.07, 6.45) is 0. The molecule has 0 unspecified atom stereocenters. The Morgan fingerprint density at radius 2 is 1.65 bits per heavy atom. The first-order valence-corrected chi connectivity index (χ1v) is 5.22. The molecule has 1 aromatic heterocycles. The molecule has 0 aliphatic heterocycles. The fourth-order valence-electron chi connectivity index (χ4n) is 1.64. The van der Waals surface area contributed by atoms with E-state index in [9.17, 15) is 4.79 Å². The van der Waals surface area contributed by atoms with Crippen molar-refractivity contribution in [3.05, 3.63) is 65.1 Å². The van der Waals surface area contributed by atoms with E-state index >= 15 is 0 Å². The second-order valence-corrected chi connectivity index (χ2v) is 3.58. The molecule has 0 amide bonds. The molecule has 0 bridgehead atoms. The minimum absolute atomic E-state index is 0.490. The smallest absolute Gasteiger partial charge is 0.368 e. The topological polar surface area (TPSA) is 47.0 Å². The van der Waals surface area contributed by atoms with Crippen LogP contribution in [0, 0.1) is 0 Å². The molecule has 0 radical (unpaired) electrons. The molecule has 0 N–H and O–H groups in total. The van der Waals surface area contributed by atoms with E-state index in [1.807, 2.05) is 24.3 Å². The van der Waals surface area contributed by atoms with Crippen LogP contribution in [-0.4, -0.2) is 5.10 Å². The molecule has 0 aliphatic carbocycles. The van der Waals surface area contributed by atoms with Crippen molar-refractivity contribution in [1.29, 1.82) is 0 Å². The minimum atomic E-state index is -0.491. The van der Waals surface area contributed by atoms with Gasteiger partial charge in [0, 0.05) is 21.9 Å². The Bertz CT molecular complexity index is 720. The van der Waals surface area contributed by atoms with Gasteiger partial charge in [0.15, 0.2) is 11.1 Å². The first-order chi connectivity index (χ1) is 8.34. The fraction of sp³-hybridized carbons (Fsp3) is 0. The van der Waals surface area contributed by atoms with Crippen molar-refractivity contribution in [1.82, 2.24) is 5.10 Å². The highest BCUT2D eigenvalue weighted by Crippen LogP contribution is 2.06. The van der Waals surface area contributed by atoms with Gasteiger partial charge in [-0.05, 0) is 12.1 Å². The number of fused-ring (bicyclic) bond motifs is 1. The summed E-state index contributed by atoms with van der Waals surface area (Å²) in [5.74, 6) is -0.491. The highest BCUT2D eigenvalue weighted by molar-refractivity contribution is 5.70. The van der Waals surface area contributed by atoms with Crippen LogP contribution >= 0.6 is 0 Å². The molecule has 3 rings (SSSR count). The quantitative estimate of drug-likeness (QED) is 0.589. The monoisotopic (exact) mass is 225 g/mol. The molecular formula is C13H9N2O2+. The number of hydrogen-bond acceptors (Lipinski definition) is 3. The van der Waals surface area contributed by atoms with E-state index in [0.717, 1.165) is 0 Å². The van der Waals surface area contributed by atoms with Crippen LogP contribution in [0.3, 0.4) is 0 Å². The van der Waals surface area contributed by atoms with Gasteiger partial charge in [0.25, 0.3) is 0 Å². The molecule has 0 saturated carbocycles. The third kappa shape index (κ3) is 1.69. The van der Waals surface area contributed by atoms with Crippen molar-refractivity contribution in [3.63, 3.8) is 0 Å². The van der Waals surface area contributed by atoms with Crippen molar-refractivity contribution < 1.29 is 9.10 Å². The minimum Gasteiger partial charge on any atom is -0.368 e. The Balaban J connectivity index is 2.31.